The molecule has 0 spiro atoms. The van der Waals surface area contributed by atoms with Gasteiger partial charge in [-0.2, -0.15) is 0 Å². The number of hydrogen-bond donors (Lipinski definition) is 0. The van der Waals surface area contributed by atoms with E-state index in [1.54, 1.807) is 18.4 Å². The Hall–Kier alpha value is -0.710. The number of methoxy groups -OCH3 is 1. The summed E-state index contributed by atoms with van der Waals surface area (Å²) in [5, 5.41) is 3.07. The van der Waals surface area contributed by atoms with Crippen molar-refractivity contribution in [3.05, 3.63) is 39.8 Å². The van der Waals surface area contributed by atoms with E-state index in [9.17, 15) is 0 Å². The van der Waals surface area contributed by atoms with E-state index < -0.39 is 0 Å². The quantitative estimate of drug-likeness (QED) is 0.857. The first kappa shape index (κ1) is 10.8. The second kappa shape index (κ2) is 4.88. The molecule has 1 aromatic heterocycles. The summed E-state index contributed by atoms with van der Waals surface area (Å²) in [6.07, 6.45) is 0. The van der Waals surface area contributed by atoms with Gasteiger partial charge in [0.05, 0.1) is 12.3 Å². The van der Waals surface area contributed by atoms with E-state index in [1.807, 2.05) is 17.5 Å². The molecule has 0 aliphatic heterocycles. The minimum atomic E-state index is 0.576. The molecule has 15 heavy (non-hydrogen) atoms. The standard InChI is InChI=1S/C11H10BrNOS/c1-14-6-10-7-15-11(13-10)8-2-4-9(12)5-3-8/h2-5,7H,6H2,1H3. The second-order valence-corrected chi connectivity index (χ2v) is 4.86. The van der Waals surface area contributed by atoms with Gasteiger partial charge in [-0.15, -0.1) is 11.3 Å². The van der Waals surface area contributed by atoms with E-state index in [4.69, 9.17) is 4.74 Å². The molecule has 78 valence electrons. The van der Waals surface area contributed by atoms with Crippen LogP contribution in [0.3, 0.4) is 0 Å². The average molecular weight is 284 g/mol. The van der Waals surface area contributed by atoms with Gasteiger partial charge in [-0.1, -0.05) is 28.1 Å². The van der Waals surface area contributed by atoms with Crippen LogP contribution < -0.4 is 0 Å². The molecular weight excluding hydrogens is 274 g/mol. The zero-order valence-corrected chi connectivity index (χ0v) is 10.6. The maximum Gasteiger partial charge on any atom is 0.123 e. The molecule has 0 bridgehead atoms. The summed E-state index contributed by atoms with van der Waals surface area (Å²) >= 11 is 5.05. The van der Waals surface area contributed by atoms with E-state index >= 15 is 0 Å². The molecule has 0 N–H and O–H groups in total. The fourth-order valence-corrected chi connectivity index (χ4v) is 2.32. The van der Waals surface area contributed by atoms with Gasteiger partial charge < -0.3 is 4.74 Å². The number of hydrogen-bond acceptors (Lipinski definition) is 3. The van der Waals surface area contributed by atoms with Crippen molar-refractivity contribution in [1.29, 1.82) is 0 Å². The number of ether oxygens (including phenoxy) is 1. The highest BCUT2D eigenvalue weighted by Crippen LogP contribution is 2.25. The van der Waals surface area contributed by atoms with Gasteiger partial charge in [0.1, 0.15) is 5.01 Å². The lowest BCUT2D eigenvalue weighted by atomic mass is 10.2. The van der Waals surface area contributed by atoms with Gasteiger partial charge in [0.25, 0.3) is 0 Å². The van der Waals surface area contributed by atoms with Gasteiger partial charge in [-0.25, -0.2) is 4.98 Å². The van der Waals surface area contributed by atoms with E-state index in [2.05, 4.69) is 33.0 Å². The third kappa shape index (κ3) is 2.65. The van der Waals surface area contributed by atoms with E-state index in [0.717, 1.165) is 20.7 Å². The van der Waals surface area contributed by atoms with Gasteiger partial charge in [-0.3, -0.25) is 0 Å². The largest absolute Gasteiger partial charge is 0.378 e. The number of benzene rings is 1. The monoisotopic (exact) mass is 283 g/mol. The molecule has 0 aliphatic rings. The fourth-order valence-electron chi connectivity index (χ4n) is 1.25. The van der Waals surface area contributed by atoms with Gasteiger partial charge >= 0.3 is 0 Å². The van der Waals surface area contributed by atoms with Crippen LogP contribution >= 0.6 is 27.3 Å². The smallest absolute Gasteiger partial charge is 0.123 e. The van der Waals surface area contributed by atoms with Crippen molar-refractivity contribution < 1.29 is 4.74 Å². The third-order valence-electron chi connectivity index (χ3n) is 1.94. The van der Waals surface area contributed by atoms with Crippen LogP contribution in [0.25, 0.3) is 10.6 Å². The molecule has 0 amide bonds. The highest BCUT2D eigenvalue weighted by Gasteiger charge is 2.03. The van der Waals surface area contributed by atoms with Crippen LogP contribution in [0.4, 0.5) is 0 Å². The first-order valence-electron chi connectivity index (χ1n) is 4.49. The van der Waals surface area contributed by atoms with Crippen LogP contribution in [-0.4, -0.2) is 12.1 Å². The first-order chi connectivity index (χ1) is 7.29. The molecule has 0 saturated carbocycles. The molecule has 0 fully saturated rings. The Kier molecular flexibility index (Phi) is 3.51. The predicted octanol–water partition coefficient (Wildman–Crippen LogP) is 3.72. The van der Waals surface area contributed by atoms with Crippen LogP contribution in [0.15, 0.2) is 34.1 Å². The number of halogens is 1. The van der Waals surface area contributed by atoms with E-state index in [-0.39, 0.29) is 0 Å². The van der Waals surface area contributed by atoms with Crippen molar-refractivity contribution >= 4 is 27.3 Å². The Bertz CT molecular complexity index is 438. The number of aromatic nitrogens is 1. The lowest BCUT2D eigenvalue weighted by Gasteiger charge is -1.96. The minimum absolute atomic E-state index is 0.576. The lowest BCUT2D eigenvalue weighted by Crippen LogP contribution is -1.86. The zero-order chi connectivity index (χ0) is 10.7. The van der Waals surface area contributed by atoms with Crippen molar-refractivity contribution in [3.63, 3.8) is 0 Å². The molecule has 4 heteroatoms. The Morgan fingerprint density at radius 3 is 2.73 bits per heavy atom. The highest BCUT2D eigenvalue weighted by atomic mass is 79.9. The molecule has 1 heterocycles. The van der Waals surface area contributed by atoms with Gasteiger partial charge in [0, 0.05) is 22.5 Å². The first-order valence-corrected chi connectivity index (χ1v) is 6.16. The van der Waals surface area contributed by atoms with Crippen LogP contribution in [-0.2, 0) is 11.3 Å². The summed E-state index contributed by atoms with van der Waals surface area (Å²) in [5.74, 6) is 0. The van der Waals surface area contributed by atoms with Crippen LogP contribution in [0, 0.1) is 0 Å². The SMILES string of the molecule is COCc1csc(-c2ccc(Br)cc2)n1. The number of rotatable bonds is 3. The number of nitrogens with zero attached hydrogens (tertiary/aromatic N) is 1. The van der Waals surface area contributed by atoms with E-state index in [0.29, 0.717) is 6.61 Å². The summed E-state index contributed by atoms with van der Waals surface area (Å²) in [5.41, 5.74) is 2.13. The highest BCUT2D eigenvalue weighted by molar-refractivity contribution is 9.10. The minimum Gasteiger partial charge on any atom is -0.378 e. The summed E-state index contributed by atoms with van der Waals surface area (Å²) in [6.45, 7) is 0.576. The fraction of sp³-hybridized carbons (Fsp3) is 0.182. The van der Waals surface area contributed by atoms with Gasteiger partial charge in [-0.05, 0) is 12.1 Å². The predicted molar refractivity (Wildman–Crippen MR) is 66.0 cm³/mol. The summed E-state index contributed by atoms with van der Waals surface area (Å²) < 4.78 is 6.12. The molecule has 0 radical (unpaired) electrons. The maximum absolute atomic E-state index is 5.03. The molecule has 1 aromatic carbocycles. The second-order valence-electron chi connectivity index (χ2n) is 3.08. The Morgan fingerprint density at radius 2 is 2.07 bits per heavy atom. The molecule has 0 atom stereocenters. The lowest BCUT2D eigenvalue weighted by molar-refractivity contribution is 0.182. The van der Waals surface area contributed by atoms with Crippen LogP contribution in [0.5, 0.6) is 0 Å². The molecule has 0 saturated heterocycles. The van der Waals surface area contributed by atoms with Crippen LogP contribution in [0.1, 0.15) is 5.69 Å². The maximum atomic E-state index is 5.03. The van der Waals surface area contributed by atoms with Crippen molar-refractivity contribution in [2.24, 2.45) is 0 Å². The molecule has 2 aromatic rings. The van der Waals surface area contributed by atoms with Crippen molar-refractivity contribution in [1.82, 2.24) is 4.98 Å². The molecule has 0 aliphatic carbocycles. The van der Waals surface area contributed by atoms with Crippen molar-refractivity contribution in [2.75, 3.05) is 7.11 Å². The van der Waals surface area contributed by atoms with Crippen molar-refractivity contribution in [3.8, 4) is 10.6 Å². The summed E-state index contributed by atoms with van der Waals surface area (Å²) in [6, 6.07) is 8.15. The van der Waals surface area contributed by atoms with Gasteiger partial charge in [0.15, 0.2) is 0 Å². The summed E-state index contributed by atoms with van der Waals surface area (Å²) in [7, 11) is 1.68. The Morgan fingerprint density at radius 1 is 1.33 bits per heavy atom. The average Bonchev–Trinajstić information content (AvgIpc) is 2.68. The van der Waals surface area contributed by atoms with E-state index in [1.165, 1.54) is 0 Å². The molecule has 0 unspecified atom stereocenters. The number of thiazole rings is 1. The van der Waals surface area contributed by atoms with Crippen LogP contribution in [0.2, 0.25) is 0 Å². The molecule has 2 nitrogen and oxygen atoms in total. The van der Waals surface area contributed by atoms with Crippen molar-refractivity contribution in [2.45, 2.75) is 6.61 Å². The normalized spacial score (nSPS) is 10.5. The zero-order valence-electron chi connectivity index (χ0n) is 8.24. The topological polar surface area (TPSA) is 22.1 Å². The molecular formula is C11H10BrNOS. The Labute approximate surface area is 101 Å². The Balaban J connectivity index is 2.25. The molecule has 2 rings (SSSR count). The third-order valence-corrected chi connectivity index (χ3v) is 3.40. The summed E-state index contributed by atoms with van der Waals surface area (Å²) in [4.78, 5) is 4.48. The van der Waals surface area contributed by atoms with Gasteiger partial charge in [0.2, 0.25) is 0 Å².